The van der Waals surface area contributed by atoms with Crippen LogP contribution in [0.2, 0.25) is 0 Å². The number of aliphatic hydroxyl groups is 1. The Kier molecular flexibility index (Phi) is 5.23. The van der Waals surface area contributed by atoms with Gasteiger partial charge in [-0.15, -0.1) is 0 Å². The maximum absolute atomic E-state index is 10.4. The summed E-state index contributed by atoms with van der Waals surface area (Å²) in [6.07, 6.45) is 3.92. The molecule has 3 nitrogen and oxygen atoms in total. The van der Waals surface area contributed by atoms with E-state index in [1.54, 1.807) is 0 Å². The Morgan fingerprint density at radius 2 is 1.89 bits per heavy atom. The molecule has 0 saturated heterocycles. The predicted octanol–water partition coefficient (Wildman–Crippen LogP) is 3.47. The van der Waals surface area contributed by atoms with Crippen molar-refractivity contribution in [2.45, 2.75) is 57.8 Å². The van der Waals surface area contributed by atoms with Gasteiger partial charge in [0.2, 0.25) is 0 Å². The fourth-order valence-corrected chi connectivity index (χ4v) is 2.17. The van der Waals surface area contributed by atoms with Crippen LogP contribution in [0.15, 0.2) is 24.3 Å². The third kappa shape index (κ3) is 4.22. The van der Waals surface area contributed by atoms with Crippen LogP contribution in [0, 0.1) is 0 Å². The Morgan fingerprint density at radius 1 is 1.21 bits per heavy atom. The molecule has 0 bridgehead atoms. The number of aliphatic hydroxyl groups excluding tert-OH is 1. The van der Waals surface area contributed by atoms with Crippen LogP contribution < -0.4 is 4.74 Å². The highest BCUT2D eigenvalue weighted by molar-refractivity contribution is 5.29. The first-order valence-corrected chi connectivity index (χ1v) is 7.30. The second kappa shape index (κ2) is 6.92. The van der Waals surface area contributed by atoms with Gasteiger partial charge in [-0.1, -0.05) is 25.5 Å². The highest BCUT2D eigenvalue weighted by Gasteiger charge is 2.24. The highest BCUT2D eigenvalue weighted by atomic mass is 16.5. The third-order valence-electron chi connectivity index (χ3n) is 3.35. The van der Waals surface area contributed by atoms with E-state index in [0.29, 0.717) is 12.7 Å². The molecule has 2 unspecified atom stereocenters. The fraction of sp³-hybridized carbons (Fsp3) is 0.625. The summed E-state index contributed by atoms with van der Waals surface area (Å²) in [6.45, 7) is 4.69. The molecule has 1 N–H and O–H groups in total. The lowest BCUT2D eigenvalue weighted by Gasteiger charge is -2.23. The minimum Gasteiger partial charge on any atom is -0.490 e. The zero-order valence-electron chi connectivity index (χ0n) is 11.8. The van der Waals surface area contributed by atoms with E-state index in [4.69, 9.17) is 9.47 Å². The molecule has 19 heavy (non-hydrogen) atoms. The molecule has 1 aromatic carbocycles. The van der Waals surface area contributed by atoms with Gasteiger partial charge in [-0.25, -0.2) is 0 Å². The van der Waals surface area contributed by atoms with Crippen molar-refractivity contribution in [3.63, 3.8) is 0 Å². The number of hydrogen-bond acceptors (Lipinski definition) is 3. The molecule has 1 aliphatic rings. The van der Waals surface area contributed by atoms with Crippen LogP contribution in [-0.4, -0.2) is 23.9 Å². The van der Waals surface area contributed by atoms with Gasteiger partial charge >= 0.3 is 0 Å². The first-order valence-electron chi connectivity index (χ1n) is 7.30. The zero-order chi connectivity index (χ0) is 13.7. The number of benzene rings is 1. The molecule has 2 rings (SSSR count). The SMILES string of the molecule is CCCC(OCC)C(O)c1ccc(OC2CC2)cc1. The average Bonchev–Trinajstić information content (AvgIpc) is 3.23. The molecule has 1 saturated carbocycles. The summed E-state index contributed by atoms with van der Waals surface area (Å²) < 4.78 is 11.3. The molecule has 106 valence electrons. The molecule has 0 heterocycles. The average molecular weight is 264 g/mol. The Bertz CT molecular complexity index is 364. The Labute approximate surface area is 115 Å². The lowest BCUT2D eigenvalue weighted by molar-refractivity contribution is -0.0384. The second-order valence-corrected chi connectivity index (χ2v) is 5.11. The molecule has 3 heteroatoms. The number of rotatable bonds is 8. The molecule has 1 aliphatic carbocycles. The second-order valence-electron chi connectivity index (χ2n) is 5.11. The van der Waals surface area contributed by atoms with Crippen molar-refractivity contribution in [3.05, 3.63) is 29.8 Å². The lowest BCUT2D eigenvalue weighted by Crippen LogP contribution is -2.22. The molecule has 0 amide bonds. The van der Waals surface area contributed by atoms with E-state index in [1.807, 2.05) is 31.2 Å². The summed E-state index contributed by atoms with van der Waals surface area (Å²) in [5.74, 6) is 0.891. The van der Waals surface area contributed by atoms with Crippen LogP contribution >= 0.6 is 0 Å². The van der Waals surface area contributed by atoms with Crippen LogP contribution in [-0.2, 0) is 4.74 Å². The van der Waals surface area contributed by atoms with E-state index in [2.05, 4.69) is 6.92 Å². The zero-order valence-corrected chi connectivity index (χ0v) is 11.8. The van der Waals surface area contributed by atoms with Gasteiger partial charge in [-0.2, -0.15) is 0 Å². The maximum atomic E-state index is 10.4. The first-order chi connectivity index (χ1) is 9.24. The standard InChI is InChI=1S/C16H24O3/c1-3-5-15(18-4-2)16(17)12-6-8-13(9-7-12)19-14-10-11-14/h6-9,14-17H,3-5,10-11H2,1-2H3. The lowest BCUT2D eigenvalue weighted by atomic mass is 10.0. The minimum absolute atomic E-state index is 0.120. The summed E-state index contributed by atoms with van der Waals surface area (Å²) in [5.41, 5.74) is 0.898. The highest BCUT2D eigenvalue weighted by Crippen LogP contribution is 2.29. The summed E-state index contributed by atoms with van der Waals surface area (Å²) in [6, 6.07) is 7.74. The molecule has 1 aromatic rings. The van der Waals surface area contributed by atoms with E-state index >= 15 is 0 Å². The minimum atomic E-state index is -0.560. The van der Waals surface area contributed by atoms with Crippen molar-refractivity contribution in [2.75, 3.05) is 6.61 Å². The van der Waals surface area contributed by atoms with Crippen molar-refractivity contribution in [1.82, 2.24) is 0 Å². The quantitative estimate of drug-likeness (QED) is 0.781. The summed E-state index contributed by atoms with van der Waals surface area (Å²) in [5, 5.41) is 10.4. The molecule has 1 fully saturated rings. The number of hydrogen-bond donors (Lipinski definition) is 1. The van der Waals surface area contributed by atoms with Gasteiger partial charge in [0.15, 0.2) is 0 Å². The van der Waals surface area contributed by atoms with Crippen molar-refractivity contribution >= 4 is 0 Å². The molecule has 0 spiro atoms. The fourth-order valence-electron chi connectivity index (χ4n) is 2.17. The van der Waals surface area contributed by atoms with Gasteiger partial charge in [0, 0.05) is 6.61 Å². The molecular weight excluding hydrogens is 240 g/mol. The molecule has 0 radical (unpaired) electrons. The molecule has 2 atom stereocenters. The Balaban J connectivity index is 1.97. The van der Waals surface area contributed by atoms with Crippen molar-refractivity contribution in [2.24, 2.45) is 0 Å². The molecule has 0 aliphatic heterocycles. The Morgan fingerprint density at radius 3 is 2.42 bits per heavy atom. The first kappa shape index (κ1) is 14.4. The summed E-state index contributed by atoms with van der Waals surface area (Å²) >= 11 is 0. The van der Waals surface area contributed by atoms with Crippen LogP contribution in [0.25, 0.3) is 0 Å². The van der Waals surface area contributed by atoms with E-state index < -0.39 is 6.10 Å². The van der Waals surface area contributed by atoms with E-state index in [-0.39, 0.29) is 6.10 Å². The topological polar surface area (TPSA) is 38.7 Å². The van der Waals surface area contributed by atoms with Gasteiger partial charge in [-0.05, 0) is 43.9 Å². The van der Waals surface area contributed by atoms with Crippen molar-refractivity contribution in [1.29, 1.82) is 0 Å². The summed E-state index contributed by atoms with van der Waals surface area (Å²) in [7, 11) is 0. The summed E-state index contributed by atoms with van der Waals surface area (Å²) in [4.78, 5) is 0. The van der Waals surface area contributed by atoms with Crippen molar-refractivity contribution < 1.29 is 14.6 Å². The van der Waals surface area contributed by atoms with Gasteiger partial charge in [0.05, 0.1) is 12.2 Å². The van der Waals surface area contributed by atoms with Gasteiger partial charge in [0.1, 0.15) is 11.9 Å². The van der Waals surface area contributed by atoms with Crippen LogP contribution in [0.5, 0.6) is 5.75 Å². The normalized spacial score (nSPS) is 18.1. The van der Waals surface area contributed by atoms with Gasteiger partial charge in [-0.3, -0.25) is 0 Å². The van der Waals surface area contributed by atoms with Crippen molar-refractivity contribution in [3.8, 4) is 5.75 Å². The van der Waals surface area contributed by atoms with E-state index in [0.717, 1.165) is 37.0 Å². The largest absolute Gasteiger partial charge is 0.490 e. The van der Waals surface area contributed by atoms with Crippen LogP contribution in [0.1, 0.15) is 51.2 Å². The van der Waals surface area contributed by atoms with Gasteiger partial charge < -0.3 is 14.6 Å². The van der Waals surface area contributed by atoms with E-state index in [9.17, 15) is 5.11 Å². The van der Waals surface area contributed by atoms with Gasteiger partial charge in [0.25, 0.3) is 0 Å². The smallest absolute Gasteiger partial charge is 0.119 e. The maximum Gasteiger partial charge on any atom is 0.119 e. The number of ether oxygens (including phenoxy) is 2. The Hall–Kier alpha value is -1.06. The monoisotopic (exact) mass is 264 g/mol. The van der Waals surface area contributed by atoms with Crippen LogP contribution in [0.4, 0.5) is 0 Å². The van der Waals surface area contributed by atoms with Crippen LogP contribution in [0.3, 0.4) is 0 Å². The molecule has 0 aromatic heterocycles. The third-order valence-corrected chi connectivity index (χ3v) is 3.35. The molecular formula is C16H24O3. The predicted molar refractivity (Wildman–Crippen MR) is 75.4 cm³/mol. The van der Waals surface area contributed by atoms with E-state index in [1.165, 1.54) is 0 Å².